The number of aromatic nitrogens is 1. The first kappa shape index (κ1) is 18.8. The summed E-state index contributed by atoms with van der Waals surface area (Å²) in [4.78, 5) is 17.9. The van der Waals surface area contributed by atoms with Gasteiger partial charge in [-0.05, 0) is 37.8 Å². The molecule has 2 atom stereocenters. The molecule has 0 N–H and O–H groups in total. The van der Waals surface area contributed by atoms with E-state index in [0.29, 0.717) is 0 Å². The molecule has 0 aliphatic rings. The molecule has 138 valence electrons. The average molecular weight is 359 g/mol. The first-order valence-corrected chi connectivity index (χ1v) is 9.15. The highest BCUT2D eigenvalue weighted by atomic mass is 16.6. The molecular weight excluding hydrogens is 334 g/mol. The summed E-state index contributed by atoms with van der Waals surface area (Å²) in [6.45, 7) is 9.64. The predicted octanol–water partition coefficient (Wildman–Crippen LogP) is 5.63. The second-order valence-corrected chi connectivity index (χ2v) is 7.60. The Hall–Kier alpha value is -2.94. The van der Waals surface area contributed by atoms with E-state index in [9.17, 15) is 4.79 Å². The summed E-state index contributed by atoms with van der Waals surface area (Å²) >= 11 is 0. The second-order valence-electron chi connectivity index (χ2n) is 7.60. The molecule has 0 bridgehead atoms. The molecule has 0 radical (unpaired) electrons. The van der Waals surface area contributed by atoms with Gasteiger partial charge < -0.3 is 4.74 Å². The number of nitrogens with zero attached hydrogens (tertiary/aromatic N) is 1. The average Bonchev–Trinajstić information content (AvgIpc) is 2.65. The van der Waals surface area contributed by atoms with Crippen molar-refractivity contribution in [3.05, 3.63) is 90.8 Å². The van der Waals surface area contributed by atoms with Gasteiger partial charge in [0.15, 0.2) is 0 Å². The smallest absolute Gasteiger partial charge is 0.316 e. The molecule has 0 aliphatic carbocycles. The lowest BCUT2D eigenvalue weighted by Gasteiger charge is -2.28. The molecule has 3 aromatic rings. The Morgan fingerprint density at radius 1 is 1.04 bits per heavy atom. The summed E-state index contributed by atoms with van der Waals surface area (Å²) in [5.74, 6) is -1.10. The van der Waals surface area contributed by atoms with Gasteiger partial charge in [0.05, 0.1) is 5.69 Å². The van der Waals surface area contributed by atoms with E-state index in [4.69, 9.17) is 4.74 Å². The van der Waals surface area contributed by atoms with Crippen molar-refractivity contribution in [3.63, 3.8) is 0 Å². The number of hydrogen-bond acceptors (Lipinski definition) is 3. The van der Waals surface area contributed by atoms with Gasteiger partial charge in [-0.2, -0.15) is 0 Å². The highest BCUT2D eigenvalue weighted by molar-refractivity contribution is 5.90. The van der Waals surface area contributed by atoms with E-state index in [1.165, 1.54) is 0 Å². The molecule has 3 nitrogen and oxygen atoms in total. The predicted molar refractivity (Wildman–Crippen MR) is 110 cm³/mol. The van der Waals surface area contributed by atoms with Crippen molar-refractivity contribution in [2.24, 2.45) is 0 Å². The Morgan fingerprint density at radius 2 is 1.70 bits per heavy atom. The maximum Gasteiger partial charge on any atom is 0.316 e. The van der Waals surface area contributed by atoms with Gasteiger partial charge in [0.25, 0.3) is 0 Å². The van der Waals surface area contributed by atoms with Gasteiger partial charge in [0, 0.05) is 17.5 Å². The number of carbonyl (C=O) groups is 1. The van der Waals surface area contributed by atoms with Gasteiger partial charge in [-0.3, -0.25) is 9.78 Å². The number of carbonyl (C=O) groups excluding carboxylic acids is 1. The molecule has 0 spiro atoms. The Morgan fingerprint density at radius 3 is 2.37 bits per heavy atom. The summed E-state index contributed by atoms with van der Waals surface area (Å²) in [5, 5.41) is 2.01. The summed E-state index contributed by atoms with van der Waals surface area (Å²) in [6.07, 6.45) is 3.56. The first-order valence-electron chi connectivity index (χ1n) is 9.15. The van der Waals surface area contributed by atoms with E-state index in [2.05, 4.69) is 11.6 Å². The maximum atomic E-state index is 13.3. The van der Waals surface area contributed by atoms with Gasteiger partial charge in [0.1, 0.15) is 11.5 Å². The fourth-order valence-corrected chi connectivity index (χ4v) is 3.32. The zero-order valence-electron chi connectivity index (χ0n) is 16.1. The monoisotopic (exact) mass is 359 g/mol. The van der Waals surface area contributed by atoms with Crippen LogP contribution < -0.4 is 0 Å². The highest BCUT2D eigenvalue weighted by Crippen LogP contribution is 2.38. The molecule has 27 heavy (non-hydrogen) atoms. The number of allylic oxidation sites excluding steroid dienone is 1. The van der Waals surface area contributed by atoms with Crippen LogP contribution >= 0.6 is 0 Å². The zero-order valence-corrected chi connectivity index (χ0v) is 16.1. The third-order valence-electron chi connectivity index (χ3n) is 4.46. The lowest BCUT2D eigenvalue weighted by molar-refractivity contribution is -0.157. The number of fused-ring (bicyclic) bond motifs is 1. The topological polar surface area (TPSA) is 39.2 Å². The number of pyridine rings is 1. The largest absolute Gasteiger partial charge is 0.459 e. The lowest BCUT2D eigenvalue weighted by Crippen LogP contribution is -2.30. The van der Waals surface area contributed by atoms with Gasteiger partial charge in [-0.15, -0.1) is 6.58 Å². The van der Waals surface area contributed by atoms with Crippen LogP contribution in [-0.4, -0.2) is 16.6 Å². The molecule has 0 saturated carbocycles. The fourth-order valence-electron chi connectivity index (χ4n) is 3.32. The fraction of sp³-hybridized carbons (Fsp3) is 0.250. The van der Waals surface area contributed by atoms with Gasteiger partial charge in [0.2, 0.25) is 0 Å². The minimum absolute atomic E-state index is 0.237. The van der Waals surface area contributed by atoms with E-state index in [-0.39, 0.29) is 11.9 Å². The molecule has 3 rings (SSSR count). The molecule has 0 unspecified atom stereocenters. The van der Waals surface area contributed by atoms with Crippen LogP contribution in [0.15, 0.2) is 79.5 Å². The summed E-state index contributed by atoms with van der Waals surface area (Å²) in [6, 6.07) is 19.8. The Labute approximate surface area is 160 Å². The van der Waals surface area contributed by atoms with E-state index in [1.54, 1.807) is 6.20 Å². The second kappa shape index (κ2) is 7.75. The van der Waals surface area contributed by atoms with Crippen molar-refractivity contribution < 1.29 is 9.53 Å². The molecule has 2 aromatic carbocycles. The van der Waals surface area contributed by atoms with Crippen LogP contribution in [-0.2, 0) is 9.53 Å². The molecule has 3 heteroatoms. The maximum absolute atomic E-state index is 13.3. The number of hydrogen-bond donors (Lipinski definition) is 0. The van der Waals surface area contributed by atoms with Crippen molar-refractivity contribution in [2.45, 2.75) is 38.2 Å². The number of benzene rings is 2. The summed E-state index contributed by atoms with van der Waals surface area (Å²) in [5.41, 5.74) is 1.15. The molecule has 1 aromatic heterocycles. The molecule has 0 aliphatic heterocycles. The first-order chi connectivity index (χ1) is 12.9. The molecule has 0 fully saturated rings. The van der Waals surface area contributed by atoms with Crippen molar-refractivity contribution in [1.82, 2.24) is 4.98 Å². The molecule has 0 saturated heterocycles. The quantitative estimate of drug-likeness (QED) is 0.438. The van der Waals surface area contributed by atoms with Crippen LogP contribution in [0, 0.1) is 0 Å². The molecular formula is C24H25NO2. The van der Waals surface area contributed by atoms with Gasteiger partial charge in [-0.25, -0.2) is 0 Å². The van der Waals surface area contributed by atoms with Crippen molar-refractivity contribution in [2.75, 3.05) is 0 Å². The zero-order chi connectivity index (χ0) is 19.4. The van der Waals surface area contributed by atoms with E-state index in [1.807, 2.05) is 87.5 Å². The van der Waals surface area contributed by atoms with Gasteiger partial charge in [-0.1, -0.05) is 60.7 Å². The van der Waals surface area contributed by atoms with Crippen LogP contribution in [0.3, 0.4) is 0 Å². The molecule has 0 amide bonds. The third kappa shape index (κ3) is 4.25. The van der Waals surface area contributed by atoms with Crippen LogP contribution in [0.25, 0.3) is 10.8 Å². The third-order valence-corrected chi connectivity index (χ3v) is 4.46. The minimum atomic E-state index is -0.581. The number of rotatable bonds is 5. The van der Waals surface area contributed by atoms with E-state index >= 15 is 0 Å². The Bertz CT molecular complexity index is 936. The SMILES string of the molecule is C=C[C@@H](c1ccccc1)[C@@H](C(=O)OC(C)(C)C)c1nccc2ccccc12. The highest BCUT2D eigenvalue weighted by Gasteiger charge is 2.35. The van der Waals surface area contributed by atoms with Gasteiger partial charge >= 0.3 is 5.97 Å². The summed E-state index contributed by atoms with van der Waals surface area (Å²) < 4.78 is 5.78. The number of ether oxygens (including phenoxy) is 1. The van der Waals surface area contributed by atoms with Crippen LogP contribution in [0.5, 0.6) is 0 Å². The normalized spacial score (nSPS) is 13.7. The van der Waals surface area contributed by atoms with Crippen LogP contribution in [0.2, 0.25) is 0 Å². The van der Waals surface area contributed by atoms with Crippen molar-refractivity contribution >= 4 is 16.7 Å². The molecule has 1 heterocycles. The van der Waals surface area contributed by atoms with E-state index in [0.717, 1.165) is 22.0 Å². The Kier molecular flexibility index (Phi) is 5.41. The summed E-state index contributed by atoms with van der Waals surface area (Å²) in [7, 11) is 0. The van der Waals surface area contributed by atoms with Crippen molar-refractivity contribution in [1.29, 1.82) is 0 Å². The van der Waals surface area contributed by atoms with Crippen molar-refractivity contribution in [3.8, 4) is 0 Å². The Balaban J connectivity index is 2.17. The van der Waals surface area contributed by atoms with Crippen LogP contribution in [0.1, 0.15) is 43.9 Å². The van der Waals surface area contributed by atoms with Crippen LogP contribution in [0.4, 0.5) is 0 Å². The minimum Gasteiger partial charge on any atom is -0.459 e. The van der Waals surface area contributed by atoms with E-state index < -0.39 is 11.5 Å². The number of esters is 1. The lowest BCUT2D eigenvalue weighted by atomic mass is 9.82. The standard InChI is InChI=1S/C24H25NO2/c1-5-19(17-11-7-6-8-12-17)21(23(26)27-24(2,3)4)22-20-14-10-9-13-18(20)15-16-25-22/h5-16,19,21H,1H2,2-4H3/t19-,21+/m0/s1.